The first-order valence-electron chi connectivity index (χ1n) is 8.25. The molecule has 0 bridgehead atoms. The van der Waals surface area contributed by atoms with Crippen LogP contribution in [0.1, 0.15) is 56.5 Å². The molecule has 0 radical (unpaired) electrons. The largest absolute Gasteiger partial charge is 0.490 e. The van der Waals surface area contributed by atoms with E-state index in [9.17, 15) is 0 Å². The van der Waals surface area contributed by atoms with Gasteiger partial charge in [0.25, 0.3) is 0 Å². The van der Waals surface area contributed by atoms with Crippen molar-refractivity contribution in [1.29, 1.82) is 0 Å². The number of hydrogen-bond acceptors (Lipinski definition) is 4. The molecule has 5 heteroatoms. The van der Waals surface area contributed by atoms with Crippen LogP contribution in [0.4, 0.5) is 0 Å². The summed E-state index contributed by atoms with van der Waals surface area (Å²) < 4.78 is 11.3. The van der Waals surface area contributed by atoms with Crippen LogP contribution in [-0.4, -0.2) is 30.0 Å². The monoisotopic (exact) mass is 317 g/mol. The normalized spacial score (nSPS) is 12.4. The van der Waals surface area contributed by atoms with E-state index < -0.39 is 0 Å². The van der Waals surface area contributed by atoms with Crippen molar-refractivity contribution < 1.29 is 9.47 Å². The predicted octanol–water partition coefficient (Wildman–Crippen LogP) is 3.42. The molecule has 0 spiro atoms. The number of nitrogens with two attached hydrogens (primary N) is 1. The second-order valence-corrected chi connectivity index (χ2v) is 5.76. The summed E-state index contributed by atoms with van der Waals surface area (Å²) in [5.41, 5.74) is 9.20. The maximum absolute atomic E-state index is 6.02. The molecule has 0 saturated heterocycles. The lowest BCUT2D eigenvalue weighted by Crippen LogP contribution is -2.14. The van der Waals surface area contributed by atoms with Crippen molar-refractivity contribution in [3.05, 3.63) is 41.2 Å². The lowest BCUT2D eigenvalue weighted by atomic mass is 9.94. The Morgan fingerprint density at radius 1 is 1.09 bits per heavy atom. The second-order valence-electron chi connectivity index (χ2n) is 5.76. The van der Waals surface area contributed by atoms with E-state index >= 15 is 0 Å². The molecule has 3 N–H and O–H groups in total. The number of ether oxygens (including phenoxy) is 2. The topological polar surface area (TPSA) is 73.2 Å². The van der Waals surface area contributed by atoms with Crippen molar-refractivity contribution in [3.8, 4) is 11.5 Å². The highest BCUT2D eigenvalue weighted by Crippen LogP contribution is 2.33. The van der Waals surface area contributed by atoms with Gasteiger partial charge in [-0.25, -0.2) is 0 Å². The molecule has 1 aromatic carbocycles. The lowest BCUT2D eigenvalue weighted by Gasteiger charge is -2.17. The Morgan fingerprint density at radius 3 is 2.35 bits per heavy atom. The summed E-state index contributed by atoms with van der Waals surface area (Å²) in [5, 5.41) is 7.51. The van der Waals surface area contributed by atoms with E-state index in [1.165, 1.54) is 0 Å². The molecule has 126 valence electrons. The fourth-order valence-corrected chi connectivity index (χ4v) is 2.55. The molecule has 23 heavy (non-hydrogen) atoms. The number of benzene rings is 1. The summed E-state index contributed by atoms with van der Waals surface area (Å²) in [6.45, 7) is 9.88. The smallest absolute Gasteiger partial charge is 0.161 e. The van der Waals surface area contributed by atoms with Gasteiger partial charge in [0, 0.05) is 18.2 Å². The van der Waals surface area contributed by atoms with Gasteiger partial charge in [-0.15, -0.1) is 0 Å². The zero-order valence-electron chi connectivity index (χ0n) is 14.4. The van der Waals surface area contributed by atoms with E-state index in [0.29, 0.717) is 25.7 Å². The van der Waals surface area contributed by atoms with Crippen molar-refractivity contribution in [2.75, 3.05) is 19.8 Å². The van der Waals surface area contributed by atoms with E-state index in [1.807, 2.05) is 32.0 Å². The van der Waals surface area contributed by atoms with Gasteiger partial charge in [0.15, 0.2) is 11.5 Å². The van der Waals surface area contributed by atoms with Crippen LogP contribution in [0.2, 0.25) is 0 Å². The standard InChI is InChI=1S/C18H27N3O2/c1-5-22-17-8-7-13(9-18(17)23-6-2)14(11-19)16-10-15(12(3)4)20-21-16/h7-10,12,14H,5-6,11,19H2,1-4H3,(H,20,21). The van der Waals surface area contributed by atoms with Crippen LogP contribution in [-0.2, 0) is 0 Å². The minimum atomic E-state index is 0.0601. The predicted molar refractivity (Wildman–Crippen MR) is 92.4 cm³/mol. The van der Waals surface area contributed by atoms with E-state index in [1.54, 1.807) is 0 Å². The molecule has 5 nitrogen and oxygen atoms in total. The van der Waals surface area contributed by atoms with Crippen molar-refractivity contribution in [2.24, 2.45) is 5.73 Å². The number of nitrogens with zero attached hydrogens (tertiary/aromatic N) is 1. The first-order valence-corrected chi connectivity index (χ1v) is 8.25. The molecule has 1 atom stereocenters. The van der Waals surface area contributed by atoms with Crippen LogP contribution in [0.15, 0.2) is 24.3 Å². The van der Waals surface area contributed by atoms with E-state index in [4.69, 9.17) is 15.2 Å². The first kappa shape index (κ1) is 17.3. The quantitative estimate of drug-likeness (QED) is 0.782. The van der Waals surface area contributed by atoms with Crippen LogP contribution in [0.5, 0.6) is 11.5 Å². The Morgan fingerprint density at radius 2 is 1.78 bits per heavy atom. The molecule has 1 unspecified atom stereocenters. The summed E-state index contributed by atoms with van der Waals surface area (Å²) in [6.07, 6.45) is 0. The van der Waals surface area contributed by atoms with Gasteiger partial charge in [-0.1, -0.05) is 19.9 Å². The zero-order valence-corrected chi connectivity index (χ0v) is 14.4. The van der Waals surface area contributed by atoms with Gasteiger partial charge in [0.1, 0.15) is 0 Å². The number of aromatic amines is 1. The third-order valence-corrected chi connectivity index (χ3v) is 3.79. The van der Waals surface area contributed by atoms with Crippen molar-refractivity contribution in [2.45, 2.75) is 39.5 Å². The zero-order chi connectivity index (χ0) is 16.8. The van der Waals surface area contributed by atoms with Gasteiger partial charge in [-0.3, -0.25) is 5.10 Å². The summed E-state index contributed by atoms with van der Waals surface area (Å²) in [4.78, 5) is 0. The molecule has 0 amide bonds. The van der Waals surface area contributed by atoms with E-state index in [0.717, 1.165) is 28.5 Å². The summed E-state index contributed by atoms with van der Waals surface area (Å²) in [5.74, 6) is 1.97. The van der Waals surface area contributed by atoms with Crippen LogP contribution >= 0.6 is 0 Å². The molecule has 2 rings (SSSR count). The number of hydrogen-bond donors (Lipinski definition) is 2. The van der Waals surface area contributed by atoms with Crippen LogP contribution in [0, 0.1) is 0 Å². The summed E-state index contributed by atoms with van der Waals surface area (Å²) in [6, 6.07) is 8.11. The summed E-state index contributed by atoms with van der Waals surface area (Å²) in [7, 11) is 0. The highest BCUT2D eigenvalue weighted by Gasteiger charge is 2.18. The van der Waals surface area contributed by atoms with Gasteiger partial charge >= 0.3 is 0 Å². The molecule has 2 aromatic rings. The molecular weight excluding hydrogens is 290 g/mol. The lowest BCUT2D eigenvalue weighted by molar-refractivity contribution is 0.287. The molecular formula is C18H27N3O2. The summed E-state index contributed by atoms with van der Waals surface area (Å²) >= 11 is 0. The number of H-pyrrole nitrogens is 1. The van der Waals surface area contributed by atoms with Crippen molar-refractivity contribution in [1.82, 2.24) is 10.2 Å². The van der Waals surface area contributed by atoms with Gasteiger partial charge in [0.2, 0.25) is 0 Å². The van der Waals surface area contributed by atoms with Crippen LogP contribution in [0.3, 0.4) is 0 Å². The molecule has 0 aliphatic heterocycles. The second kappa shape index (κ2) is 8.02. The van der Waals surface area contributed by atoms with Gasteiger partial charge in [-0.2, -0.15) is 5.10 Å². The average Bonchev–Trinajstić information content (AvgIpc) is 3.01. The third-order valence-electron chi connectivity index (χ3n) is 3.79. The average molecular weight is 317 g/mol. The minimum Gasteiger partial charge on any atom is -0.490 e. The Hall–Kier alpha value is -2.01. The Balaban J connectivity index is 2.34. The van der Waals surface area contributed by atoms with E-state index in [-0.39, 0.29) is 5.92 Å². The van der Waals surface area contributed by atoms with Gasteiger partial charge < -0.3 is 15.2 Å². The minimum absolute atomic E-state index is 0.0601. The van der Waals surface area contributed by atoms with Crippen molar-refractivity contribution >= 4 is 0 Å². The Bertz CT molecular complexity index is 622. The molecule has 1 heterocycles. The molecule has 0 saturated carbocycles. The fourth-order valence-electron chi connectivity index (χ4n) is 2.55. The Labute approximate surface area is 138 Å². The first-order chi connectivity index (χ1) is 11.1. The third kappa shape index (κ3) is 4.05. The van der Waals surface area contributed by atoms with Gasteiger partial charge in [0.05, 0.1) is 18.9 Å². The van der Waals surface area contributed by atoms with Crippen LogP contribution in [0.25, 0.3) is 0 Å². The molecule has 1 aromatic heterocycles. The maximum Gasteiger partial charge on any atom is 0.161 e. The SMILES string of the molecule is CCOc1ccc(C(CN)c2cc(C(C)C)n[nH]2)cc1OCC. The highest BCUT2D eigenvalue weighted by molar-refractivity contribution is 5.45. The molecule has 0 fully saturated rings. The maximum atomic E-state index is 6.02. The van der Waals surface area contributed by atoms with Gasteiger partial charge in [-0.05, 0) is 43.5 Å². The molecule has 0 aliphatic carbocycles. The number of nitrogens with one attached hydrogen (secondary N) is 1. The highest BCUT2D eigenvalue weighted by atomic mass is 16.5. The number of aromatic nitrogens is 2. The van der Waals surface area contributed by atoms with Crippen molar-refractivity contribution in [3.63, 3.8) is 0 Å². The number of rotatable bonds is 8. The fraction of sp³-hybridized carbons (Fsp3) is 0.500. The van der Waals surface area contributed by atoms with Crippen LogP contribution < -0.4 is 15.2 Å². The van der Waals surface area contributed by atoms with E-state index in [2.05, 4.69) is 30.1 Å². The molecule has 0 aliphatic rings. The Kier molecular flexibility index (Phi) is 6.04.